The predicted octanol–water partition coefficient (Wildman–Crippen LogP) is 4.37. The lowest BCUT2D eigenvalue weighted by molar-refractivity contribution is -0.135. The highest BCUT2D eigenvalue weighted by molar-refractivity contribution is 6.15. The second kappa shape index (κ2) is 8.76. The van der Waals surface area contributed by atoms with Crippen molar-refractivity contribution >= 4 is 28.7 Å². The summed E-state index contributed by atoms with van der Waals surface area (Å²) in [5, 5.41) is 0.744. The van der Waals surface area contributed by atoms with E-state index in [9.17, 15) is 14.4 Å². The summed E-state index contributed by atoms with van der Waals surface area (Å²) in [5.74, 6) is 1.05. The molecule has 3 aliphatic rings. The van der Waals surface area contributed by atoms with Crippen LogP contribution in [0.2, 0.25) is 0 Å². The van der Waals surface area contributed by atoms with E-state index in [1.54, 1.807) is 61.7 Å². The fourth-order valence-electron chi connectivity index (χ4n) is 5.26. The van der Waals surface area contributed by atoms with Gasteiger partial charge < -0.3 is 28.7 Å². The molecule has 0 saturated heterocycles. The maximum Gasteiger partial charge on any atom is 0.312 e. The highest BCUT2D eigenvalue weighted by Gasteiger charge is 2.39. The topological polar surface area (TPSA) is 113 Å². The number of allylic oxidation sites excluding steroid dienone is 1. The molecule has 0 fully saturated rings. The molecular weight excluding hydrogens is 502 g/mol. The Bertz CT molecular complexity index is 1800. The van der Waals surface area contributed by atoms with Gasteiger partial charge in [0.1, 0.15) is 30.5 Å². The number of ether oxygens (including phenoxy) is 5. The molecule has 39 heavy (non-hydrogen) atoms. The molecular formula is C30H21NO8. The molecule has 9 heteroatoms. The van der Waals surface area contributed by atoms with Crippen LogP contribution >= 0.6 is 0 Å². The number of aromatic amines is 1. The molecule has 1 aromatic heterocycles. The van der Waals surface area contributed by atoms with Crippen molar-refractivity contribution < 1.29 is 33.3 Å². The van der Waals surface area contributed by atoms with E-state index in [1.807, 2.05) is 6.07 Å². The van der Waals surface area contributed by atoms with Gasteiger partial charge in [0.2, 0.25) is 5.78 Å². The van der Waals surface area contributed by atoms with Crippen LogP contribution in [0.4, 0.5) is 0 Å². The molecule has 1 unspecified atom stereocenters. The SMILES string of the molecule is COc1ccc2[nH]c(=O)c(C3CC(=O)Oc4ccc5c(c43)OC(=Cc3ccc4c(c3)OCCO4)C5=O)cc2c1. The number of pyridine rings is 1. The Morgan fingerprint density at radius 2 is 1.72 bits per heavy atom. The van der Waals surface area contributed by atoms with Crippen LogP contribution in [-0.2, 0) is 4.79 Å². The summed E-state index contributed by atoms with van der Waals surface area (Å²) in [6.45, 7) is 0.926. The predicted molar refractivity (Wildman–Crippen MR) is 140 cm³/mol. The number of hydrogen-bond donors (Lipinski definition) is 1. The number of aromatic nitrogens is 1. The first-order valence-electron chi connectivity index (χ1n) is 12.4. The normalized spacial score (nSPS) is 18.4. The number of hydrogen-bond acceptors (Lipinski definition) is 8. The maximum atomic E-state index is 13.4. The van der Waals surface area contributed by atoms with E-state index >= 15 is 0 Å². The fourth-order valence-corrected chi connectivity index (χ4v) is 5.26. The van der Waals surface area contributed by atoms with Gasteiger partial charge in [-0.1, -0.05) is 6.07 Å². The van der Waals surface area contributed by atoms with Crippen LogP contribution in [0.1, 0.15) is 39.4 Å². The molecule has 3 aromatic carbocycles. The Hall–Kier alpha value is -5.05. The molecule has 9 nitrogen and oxygen atoms in total. The van der Waals surface area contributed by atoms with E-state index in [-0.39, 0.29) is 35.0 Å². The molecule has 3 aliphatic heterocycles. The number of fused-ring (bicyclic) bond motifs is 5. The first-order valence-corrected chi connectivity index (χ1v) is 12.4. The van der Waals surface area contributed by atoms with Crippen molar-refractivity contribution in [2.75, 3.05) is 20.3 Å². The van der Waals surface area contributed by atoms with Crippen LogP contribution in [0.5, 0.6) is 28.7 Å². The van der Waals surface area contributed by atoms with Crippen molar-refractivity contribution in [3.8, 4) is 28.7 Å². The monoisotopic (exact) mass is 523 g/mol. The number of esters is 1. The number of benzene rings is 3. The first kappa shape index (κ1) is 23.1. The Morgan fingerprint density at radius 3 is 2.56 bits per heavy atom. The third-order valence-electron chi connectivity index (χ3n) is 7.10. The molecule has 1 atom stereocenters. The zero-order chi connectivity index (χ0) is 26.7. The number of methoxy groups -OCH3 is 1. The minimum absolute atomic E-state index is 0.0826. The van der Waals surface area contributed by atoms with Crippen LogP contribution in [0.25, 0.3) is 17.0 Å². The van der Waals surface area contributed by atoms with Gasteiger partial charge in [-0.25, -0.2) is 0 Å². The lowest BCUT2D eigenvalue weighted by Gasteiger charge is -2.26. The van der Waals surface area contributed by atoms with Gasteiger partial charge in [-0.2, -0.15) is 0 Å². The molecule has 7 rings (SSSR count). The number of H-pyrrole nitrogens is 1. The summed E-state index contributed by atoms with van der Waals surface area (Å²) in [4.78, 5) is 42.0. The van der Waals surface area contributed by atoms with Gasteiger partial charge >= 0.3 is 5.97 Å². The van der Waals surface area contributed by atoms with Gasteiger partial charge in [0.05, 0.1) is 19.1 Å². The van der Waals surface area contributed by atoms with Crippen molar-refractivity contribution in [1.82, 2.24) is 4.98 Å². The fraction of sp³-hybridized carbons (Fsp3) is 0.167. The average molecular weight is 523 g/mol. The van der Waals surface area contributed by atoms with E-state index in [0.29, 0.717) is 58.2 Å². The molecule has 0 saturated carbocycles. The second-order valence-electron chi connectivity index (χ2n) is 9.43. The molecule has 0 spiro atoms. The highest BCUT2D eigenvalue weighted by Crippen LogP contribution is 2.48. The van der Waals surface area contributed by atoms with E-state index < -0.39 is 11.9 Å². The largest absolute Gasteiger partial charge is 0.497 e. The minimum Gasteiger partial charge on any atom is -0.497 e. The number of carbonyl (C=O) groups is 2. The summed E-state index contributed by atoms with van der Waals surface area (Å²) in [6.07, 6.45) is 1.55. The molecule has 4 heterocycles. The Morgan fingerprint density at radius 1 is 0.897 bits per heavy atom. The zero-order valence-electron chi connectivity index (χ0n) is 20.7. The van der Waals surface area contributed by atoms with Crippen molar-refractivity contribution in [3.63, 3.8) is 0 Å². The number of nitrogens with one attached hydrogen (secondary N) is 1. The van der Waals surface area contributed by atoms with Gasteiger partial charge in [-0.05, 0) is 60.2 Å². The Labute approximate surface area is 221 Å². The summed E-state index contributed by atoms with van der Waals surface area (Å²) < 4.78 is 28.2. The average Bonchev–Trinajstić information content (AvgIpc) is 3.26. The standard InChI is InChI=1S/C30H21NO8/c1-35-17-3-5-21-16(12-17)13-20(30(34)31-21)19-14-26(32)38-23-7-4-18-28(33)25(39-29(18)27(19)23)11-15-2-6-22-24(10-15)37-9-8-36-22/h2-7,10-13,19H,8-9,14H2,1H3,(H,31,34). The summed E-state index contributed by atoms with van der Waals surface area (Å²) >= 11 is 0. The van der Waals surface area contributed by atoms with Crippen molar-refractivity contribution in [2.45, 2.75) is 12.3 Å². The van der Waals surface area contributed by atoms with Gasteiger partial charge in [-0.3, -0.25) is 14.4 Å². The minimum atomic E-state index is -0.683. The van der Waals surface area contributed by atoms with E-state index in [1.165, 1.54) is 0 Å². The molecule has 1 N–H and O–H groups in total. The lowest BCUT2D eigenvalue weighted by atomic mass is 9.85. The smallest absolute Gasteiger partial charge is 0.312 e. The third kappa shape index (κ3) is 3.82. The third-order valence-corrected chi connectivity index (χ3v) is 7.10. The van der Waals surface area contributed by atoms with Gasteiger partial charge in [0.25, 0.3) is 5.56 Å². The first-order chi connectivity index (χ1) is 19.0. The molecule has 0 amide bonds. The Balaban J connectivity index is 1.33. The summed E-state index contributed by atoms with van der Waals surface area (Å²) in [6, 6.07) is 15.6. The molecule has 4 aromatic rings. The molecule has 0 aliphatic carbocycles. The van der Waals surface area contributed by atoms with Crippen LogP contribution in [0.3, 0.4) is 0 Å². The van der Waals surface area contributed by atoms with Gasteiger partial charge in [0.15, 0.2) is 17.3 Å². The summed E-state index contributed by atoms with van der Waals surface area (Å²) in [5.41, 5.74) is 2.18. The van der Waals surface area contributed by atoms with Gasteiger partial charge in [-0.15, -0.1) is 0 Å². The van der Waals surface area contributed by atoms with Crippen LogP contribution in [-0.4, -0.2) is 37.1 Å². The second-order valence-corrected chi connectivity index (χ2v) is 9.43. The maximum absolute atomic E-state index is 13.4. The van der Waals surface area contributed by atoms with Crippen LogP contribution < -0.4 is 29.2 Å². The van der Waals surface area contributed by atoms with Crippen LogP contribution in [0, 0.1) is 0 Å². The highest BCUT2D eigenvalue weighted by atomic mass is 16.6. The van der Waals surface area contributed by atoms with Crippen LogP contribution in [0.15, 0.2) is 65.2 Å². The van der Waals surface area contributed by atoms with Crippen molar-refractivity contribution in [3.05, 3.63) is 93.0 Å². The number of ketones is 1. The molecule has 0 bridgehead atoms. The van der Waals surface area contributed by atoms with E-state index in [2.05, 4.69) is 4.98 Å². The van der Waals surface area contributed by atoms with Crippen molar-refractivity contribution in [1.29, 1.82) is 0 Å². The van der Waals surface area contributed by atoms with E-state index in [4.69, 9.17) is 23.7 Å². The Kier molecular flexibility index (Phi) is 5.19. The number of rotatable bonds is 3. The summed E-state index contributed by atoms with van der Waals surface area (Å²) in [7, 11) is 1.56. The lowest BCUT2D eigenvalue weighted by Crippen LogP contribution is -2.26. The number of carbonyl (C=O) groups excluding carboxylic acids is 2. The quantitative estimate of drug-likeness (QED) is 0.239. The van der Waals surface area contributed by atoms with Crippen molar-refractivity contribution in [2.24, 2.45) is 0 Å². The number of Topliss-reactive ketones (excluding diaryl/α,β-unsaturated/α-hetero) is 1. The molecule has 0 radical (unpaired) electrons. The van der Waals surface area contributed by atoms with E-state index in [0.717, 1.165) is 5.39 Å². The zero-order valence-corrected chi connectivity index (χ0v) is 20.7. The van der Waals surface area contributed by atoms with Gasteiger partial charge in [0, 0.05) is 27.9 Å². The molecule has 194 valence electrons.